The largest absolute Gasteiger partial charge is 0.381 e. The topological polar surface area (TPSA) is 119 Å². The summed E-state index contributed by atoms with van der Waals surface area (Å²) in [5.41, 5.74) is 7.54. The first kappa shape index (κ1) is 21.7. The van der Waals surface area contributed by atoms with Crippen LogP contribution in [-0.2, 0) is 0 Å². The molecule has 0 spiro atoms. The number of rotatable bonds is 4. The van der Waals surface area contributed by atoms with Gasteiger partial charge in [0, 0.05) is 29.4 Å². The summed E-state index contributed by atoms with van der Waals surface area (Å²) in [5, 5.41) is 14.7. The Morgan fingerprint density at radius 2 is 1.77 bits per heavy atom. The Labute approximate surface area is 180 Å². The number of halogens is 1. The Kier molecular flexibility index (Phi) is 5.58. The quantitative estimate of drug-likeness (QED) is 0.435. The van der Waals surface area contributed by atoms with Gasteiger partial charge in [-0.3, -0.25) is 24.6 Å². The Morgan fingerprint density at radius 3 is 2.30 bits per heavy atom. The molecule has 2 aliphatic heterocycles. The molecule has 0 saturated carbocycles. The minimum absolute atomic E-state index is 0. The number of anilines is 1. The first-order valence-corrected chi connectivity index (χ1v) is 9.46. The summed E-state index contributed by atoms with van der Waals surface area (Å²) in [6.45, 7) is 4.43. The van der Waals surface area contributed by atoms with E-state index in [4.69, 9.17) is 5.73 Å². The molecule has 9 heteroatoms. The second kappa shape index (κ2) is 7.70. The number of benzene rings is 2. The molecule has 0 radical (unpaired) electrons. The fourth-order valence-corrected chi connectivity index (χ4v) is 4.06. The Bertz CT molecular complexity index is 1000. The minimum Gasteiger partial charge on any atom is -0.381 e. The predicted molar refractivity (Wildman–Crippen MR) is 115 cm³/mol. The van der Waals surface area contributed by atoms with Crippen molar-refractivity contribution in [2.75, 3.05) is 11.9 Å². The van der Waals surface area contributed by atoms with Gasteiger partial charge in [0.15, 0.2) is 0 Å². The van der Waals surface area contributed by atoms with Crippen molar-refractivity contribution in [2.45, 2.75) is 32.4 Å². The van der Waals surface area contributed by atoms with E-state index in [9.17, 15) is 19.7 Å². The highest BCUT2D eigenvalue weighted by atomic mass is 35.5. The second-order valence-corrected chi connectivity index (χ2v) is 8.20. The number of hydrogen-bond donors (Lipinski definition) is 2. The Balaban J connectivity index is 0.00000256. The maximum absolute atomic E-state index is 13.1. The highest BCUT2D eigenvalue weighted by Gasteiger charge is 2.45. The molecule has 3 N–H and O–H groups in total. The van der Waals surface area contributed by atoms with Gasteiger partial charge in [-0.1, -0.05) is 26.0 Å². The van der Waals surface area contributed by atoms with Crippen LogP contribution in [0.4, 0.5) is 11.4 Å². The number of fused-ring (bicyclic) bond motifs is 2. The number of non-ortho nitro benzene ring substituents is 1. The van der Waals surface area contributed by atoms with Crippen molar-refractivity contribution in [1.29, 1.82) is 0 Å². The summed E-state index contributed by atoms with van der Waals surface area (Å²) >= 11 is 0. The van der Waals surface area contributed by atoms with E-state index in [0.717, 1.165) is 0 Å². The number of carbonyl (C=O) groups is 2. The Hall–Kier alpha value is -2.97. The molecule has 0 bridgehead atoms. The number of nitrogens with one attached hydrogen (secondary N) is 1. The van der Waals surface area contributed by atoms with Gasteiger partial charge < -0.3 is 11.1 Å². The van der Waals surface area contributed by atoms with E-state index in [1.165, 1.54) is 17.0 Å². The third-order valence-electron chi connectivity index (χ3n) is 6.00. The standard InChI is InChI=1S/C21H22N4O4.ClH/c1-21(2,11-22)18-10-17(15-9-12(25(28)29)7-8-16(15)23-18)24-19(26)13-5-3-4-6-14(13)20(24)27;/h3-9,17-18,23H,10-11,22H2,1-2H3;1H. The van der Waals surface area contributed by atoms with Crippen LogP contribution >= 0.6 is 12.4 Å². The first-order valence-electron chi connectivity index (χ1n) is 9.46. The van der Waals surface area contributed by atoms with Gasteiger partial charge in [-0.2, -0.15) is 0 Å². The smallest absolute Gasteiger partial charge is 0.269 e. The van der Waals surface area contributed by atoms with Gasteiger partial charge in [-0.15, -0.1) is 12.4 Å². The monoisotopic (exact) mass is 430 g/mol. The van der Waals surface area contributed by atoms with Crippen LogP contribution in [0.2, 0.25) is 0 Å². The number of amides is 2. The minimum atomic E-state index is -0.616. The zero-order chi connectivity index (χ0) is 20.9. The lowest BCUT2D eigenvalue weighted by atomic mass is 9.77. The molecule has 2 aliphatic rings. The SMILES string of the molecule is CC(C)(CN)C1CC(N2C(=O)c3ccccc3C2=O)c2cc([N+](=O)[O-])ccc2N1.Cl. The van der Waals surface area contributed by atoms with E-state index in [1.807, 2.05) is 13.8 Å². The molecule has 2 heterocycles. The highest BCUT2D eigenvalue weighted by Crippen LogP contribution is 2.45. The lowest BCUT2D eigenvalue weighted by molar-refractivity contribution is -0.384. The zero-order valence-corrected chi connectivity index (χ0v) is 17.4. The molecular weight excluding hydrogens is 408 g/mol. The third-order valence-corrected chi connectivity index (χ3v) is 6.00. The van der Waals surface area contributed by atoms with E-state index in [2.05, 4.69) is 5.32 Å². The van der Waals surface area contributed by atoms with E-state index < -0.39 is 11.0 Å². The molecule has 158 valence electrons. The lowest BCUT2D eigenvalue weighted by Gasteiger charge is -2.43. The molecule has 2 atom stereocenters. The number of carbonyl (C=O) groups excluding carboxylic acids is 2. The fraction of sp³-hybridized carbons (Fsp3) is 0.333. The molecular formula is C21H23ClN4O4. The molecule has 0 aromatic heterocycles. The van der Waals surface area contributed by atoms with Crippen molar-refractivity contribution >= 4 is 35.6 Å². The van der Waals surface area contributed by atoms with Gasteiger partial charge >= 0.3 is 0 Å². The van der Waals surface area contributed by atoms with Crippen molar-refractivity contribution in [3.8, 4) is 0 Å². The maximum Gasteiger partial charge on any atom is 0.269 e. The average Bonchev–Trinajstić information content (AvgIpc) is 2.97. The van der Waals surface area contributed by atoms with Crippen LogP contribution in [0.15, 0.2) is 42.5 Å². The number of nitro groups is 1. The first-order chi connectivity index (χ1) is 13.7. The van der Waals surface area contributed by atoms with E-state index in [0.29, 0.717) is 35.3 Å². The van der Waals surface area contributed by atoms with Crippen LogP contribution < -0.4 is 11.1 Å². The predicted octanol–water partition coefficient (Wildman–Crippen LogP) is 3.52. The van der Waals surface area contributed by atoms with Crippen molar-refractivity contribution < 1.29 is 14.5 Å². The van der Waals surface area contributed by atoms with E-state index >= 15 is 0 Å². The summed E-state index contributed by atoms with van der Waals surface area (Å²) < 4.78 is 0. The van der Waals surface area contributed by atoms with Crippen LogP contribution in [0.25, 0.3) is 0 Å². The molecule has 2 amide bonds. The molecule has 2 aromatic rings. The number of nitrogens with zero attached hydrogens (tertiary/aromatic N) is 2. The van der Waals surface area contributed by atoms with Crippen molar-refractivity contribution in [2.24, 2.45) is 11.1 Å². The lowest BCUT2D eigenvalue weighted by Crippen LogP contribution is -2.48. The summed E-state index contributed by atoms with van der Waals surface area (Å²) in [4.78, 5) is 38.3. The summed E-state index contributed by atoms with van der Waals surface area (Å²) in [5.74, 6) is -0.751. The van der Waals surface area contributed by atoms with Gasteiger partial charge in [0.25, 0.3) is 17.5 Å². The maximum atomic E-state index is 13.1. The third kappa shape index (κ3) is 3.32. The molecule has 30 heavy (non-hydrogen) atoms. The number of imide groups is 1. The molecule has 0 saturated heterocycles. The molecule has 2 unspecified atom stereocenters. The molecule has 8 nitrogen and oxygen atoms in total. The van der Waals surface area contributed by atoms with Crippen molar-refractivity contribution in [3.05, 3.63) is 69.3 Å². The van der Waals surface area contributed by atoms with E-state index in [1.54, 1.807) is 30.3 Å². The molecule has 0 fully saturated rings. The summed E-state index contributed by atoms with van der Waals surface area (Å²) in [6, 6.07) is 10.5. The van der Waals surface area contributed by atoms with Crippen molar-refractivity contribution in [3.63, 3.8) is 0 Å². The van der Waals surface area contributed by atoms with E-state index in [-0.39, 0.29) is 41.4 Å². The van der Waals surface area contributed by atoms with Gasteiger partial charge in [0.05, 0.1) is 22.1 Å². The summed E-state index contributed by atoms with van der Waals surface area (Å²) in [7, 11) is 0. The zero-order valence-electron chi connectivity index (χ0n) is 16.6. The van der Waals surface area contributed by atoms with Crippen LogP contribution in [0.3, 0.4) is 0 Å². The fourth-order valence-electron chi connectivity index (χ4n) is 4.06. The average molecular weight is 431 g/mol. The van der Waals surface area contributed by atoms with Gasteiger partial charge in [-0.05, 0) is 36.6 Å². The number of nitrogens with two attached hydrogens (primary N) is 1. The van der Waals surface area contributed by atoms with Gasteiger partial charge in [0.2, 0.25) is 0 Å². The summed E-state index contributed by atoms with van der Waals surface area (Å²) in [6.07, 6.45) is 0.420. The molecule has 2 aromatic carbocycles. The van der Waals surface area contributed by atoms with Gasteiger partial charge in [-0.25, -0.2) is 0 Å². The van der Waals surface area contributed by atoms with Crippen LogP contribution in [-0.4, -0.2) is 34.2 Å². The Morgan fingerprint density at radius 1 is 1.17 bits per heavy atom. The van der Waals surface area contributed by atoms with Crippen LogP contribution in [0.5, 0.6) is 0 Å². The molecule has 4 rings (SSSR count). The van der Waals surface area contributed by atoms with Crippen LogP contribution in [0, 0.1) is 15.5 Å². The van der Waals surface area contributed by atoms with Gasteiger partial charge in [0.1, 0.15) is 0 Å². The van der Waals surface area contributed by atoms with Crippen LogP contribution in [0.1, 0.15) is 52.6 Å². The number of nitro benzene ring substituents is 1. The highest BCUT2D eigenvalue weighted by molar-refractivity contribution is 6.21. The number of hydrogen-bond acceptors (Lipinski definition) is 6. The molecule has 0 aliphatic carbocycles. The van der Waals surface area contributed by atoms with Crippen molar-refractivity contribution in [1.82, 2.24) is 4.90 Å². The second-order valence-electron chi connectivity index (χ2n) is 8.20. The normalized spacial score (nSPS) is 20.2.